The number of amides is 2. The molecule has 1 fully saturated rings. The van der Waals surface area contributed by atoms with Crippen LogP contribution in [0.4, 0.5) is 11.4 Å². The topological polar surface area (TPSA) is 70.7 Å². The molecule has 2 aromatic carbocycles. The van der Waals surface area contributed by atoms with Crippen molar-refractivity contribution in [2.45, 2.75) is 26.7 Å². The van der Waals surface area contributed by atoms with Crippen LogP contribution in [0.2, 0.25) is 0 Å². The summed E-state index contributed by atoms with van der Waals surface area (Å²) in [5, 5.41) is 5.94. The van der Waals surface area contributed by atoms with E-state index in [0.29, 0.717) is 23.8 Å². The highest BCUT2D eigenvalue weighted by atomic mass is 16.5. The van der Waals surface area contributed by atoms with Gasteiger partial charge in [0.15, 0.2) is 0 Å². The fourth-order valence-corrected chi connectivity index (χ4v) is 3.12. The summed E-state index contributed by atoms with van der Waals surface area (Å²) < 4.78 is 5.65. The van der Waals surface area contributed by atoms with Gasteiger partial charge in [0.2, 0.25) is 5.91 Å². The average Bonchev–Trinajstić information content (AvgIpc) is 3.26. The summed E-state index contributed by atoms with van der Waals surface area (Å²) in [5.41, 5.74) is 2.18. The average molecular weight is 396 g/mol. The minimum Gasteiger partial charge on any atom is -0.493 e. The number of carbonyl (C=O) groups is 2. The molecular weight excluding hydrogens is 366 g/mol. The van der Waals surface area contributed by atoms with E-state index in [4.69, 9.17) is 4.74 Å². The number of rotatable bonds is 8. The Hall–Kier alpha value is -3.02. The molecule has 1 aliphatic rings. The predicted octanol–water partition coefficient (Wildman–Crippen LogP) is 4.01. The van der Waals surface area contributed by atoms with E-state index < -0.39 is 0 Å². The van der Waals surface area contributed by atoms with Gasteiger partial charge in [0.05, 0.1) is 13.2 Å². The van der Waals surface area contributed by atoms with Gasteiger partial charge in [0, 0.05) is 30.0 Å². The van der Waals surface area contributed by atoms with Crippen molar-refractivity contribution in [3.05, 3.63) is 54.1 Å². The van der Waals surface area contributed by atoms with Gasteiger partial charge in [-0.25, -0.2) is 0 Å². The van der Waals surface area contributed by atoms with Gasteiger partial charge in [-0.1, -0.05) is 13.8 Å². The SMILES string of the molecule is CC(C)COc1ccc(NCC(=O)Nc2ccc(C(=O)N3CCCC3)cc2)cc1. The van der Waals surface area contributed by atoms with Crippen LogP contribution in [0.15, 0.2) is 48.5 Å². The molecule has 0 saturated carbocycles. The van der Waals surface area contributed by atoms with Crippen molar-refractivity contribution in [3.63, 3.8) is 0 Å². The second-order valence-electron chi connectivity index (χ2n) is 7.71. The minimum atomic E-state index is -0.149. The number of nitrogens with one attached hydrogen (secondary N) is 2. The zero-order valence-electron chi connectivity index (χ0n) is 17.1. The molecule has 0 radical (unpaired) electrons. The second-order valence-corrected chi connectivity index (χ2v) is 7.71. The van der Waals surface area contributed by atoms with Crippen molar-refractivity contribution in [1.82, 2.24) is 4.90 Å². The Labute approximate surface area is 172 Å². The normalized spacial score (nSPS) is 13.4. The third-order valence-electron chi connectivity index (χ3n) is 4.70. The lowest BCUT2D eigenvalue weighted by Crippen LogP contribution is -2.27. The number of hydrogen-bond acceptors (Lipinski definition) is 4. The maximum atomic E-state index is 12.4. The van der Waals surface area contributed by atoms with E-state index in [0.717, 1.165) is 37.4 Å². The molecule has 0 unspecified atom stereocenters. The fourth-order valence-electron chi connectivity index (χ4n) is 3.12. The predicted molar refractivity (Wildman–Crippen MR) is 115 cm³/mol. The van der Waals surface area contributed by atoms with E-state index in [2.05, 4.69) is 24.5 Å². The standard InChI is InChI=1S/C23H29N3O3/c1-17(2)16-29-21-11-9-19(10-12-21)24-15-22(27)25-20-7-5-18(6-8-20)23(28)26-13-3-4-14-26/h5-12,17,24H,3-4,13-16H2,1-2H3,(H,25,27). The minimum absolute atomic E-state index is 0.0582. The third kappa shape index (κ3) is 6.24. The second kappa shape index (κ2) is 9.96. The van der Waals surface area contributed by atoms with Gasteiger partial charge in [-0.05, 0) is 67.3 Å². The zero-order chi connectivity index (χ0) is 20.6. The van der Waals surface area contributed by atoms with Crippen LogP contribution in [0.3, 0.4) is 0 Å². The van der Waals surface area contributed by atoms with Gasteiger partial charge >= 0.3 is 0 Å². The van der Waals surface area contributed by atoms with E-state index >= 15 is 0 Å². The van der Waals surface area contributed by atoms with E-state index in [1.165, 1.54) is 0 Å². The van der Waals surface area contributed by atoms with Crippen molar-refractivity contribution >= 4 is 23.2 Å². The highest BCUT2D eigenvalue weighted by Gasteiger charge is 2.19. The van der Waals surface area contributed by atoms with Crippen LogP contribution in [0.25, 0.3) is 0 Å². The monoisotopic (exact) mass is 395 g/mol. The Morgan fingerprint density at radius 2 is 1.59 bits per heavy atom. The van der Waals surface area contributed by atoms with Gasteiger partial charge in [0.1, 0.15) is 5.75 Å². The summed E-state index contributed by atoms with van der Waals surface area (Å²) in [6.45, 7) is 6.70. The molecule has 2 aromatic rings. The highest BCUT2D eigenvalue weighted by Crippen LogP contribution is 2.17. The van der Waals surface area contributed by atoms with Crippen molar-refractivity contribution in [3.8, 4) is 5.75 Å². The summed E-state index contributed by atoms with van der Waals surface area (Å²) in [6, 6.07) is 14.6. The van der Waals surface area contributed by atoms with Crippen molar-refractivity contribution < 1.29 is 14.3 Å². The first-order valence-electron chi connectivity index (χ1n) is 10.2. The maximum Gasteiger partial charge on any atom is 0.253 e. The first kappa shape index (κ1) is 20.7. The lowest BCUT2D eigenvalue weighted by molar-refractivity contribution is -0.114. The third-order valence-corrected chi connectivity index (χ3v) is 4.70. The number of carbonyl (C=O) groups excluding carboxylic acids is 2. The molecule has 0 spiro atoms. The Bertz CT molecular complexity index is 810. The molecule has 6 heteroatoms. The Kier molecular flexibility index (Phi) is 7.11. The first-order valence-corrected chi connectivity index (χ1v) is 10.2. The molecular formula is C23H29N3O3. The summed E-state index contributed by atoms with van der Waals surface area (Å²) in [7, 11) is 0. The van der Waals surface area contributed by atoms with Crippen molar-refractivity contribution in [1.29, 1.82) is 0 Å². The molecule has 29 heavy (non-hydrogen) atoms. The van der Waals surface area contributed by atoms with Crippen LogP contribution in [0, 0.1) is 5.92 Å². The van der Waals surface area contributed by atoms with Gasteiger partial charge < -0.3 is 20.3 Å². The summed E-state index contributed by atoms with van der Waals surface area (Å²) in [4.78, 5) is 26.4. The van der Waals surface area contributed by atoms with Gasteiger partial charge in [-0.15, -0.1) is 0 Å². The van der Waals surface area contributed by atoms with Crippen LogP contribution in [0.1, 0.15) is 37.0 Å². The van der Waals surface area contributed by atoms with Gasteiger partial charge in [-0.3, -0.25) is 9.59 Å². The maximum absolute atomic E-state index is 12.4. The number of likely N-dealkylation sites (tertiary alicyclic amines) is 1. The molecule has 1 saturated heterocycles. The molecule has 1 aliphatic heterocycles. The summed E-state index contributed by atoms with van der Waals surface area (Å²) in [6.07, 6.45) is 2.14. The quantitative estimate of drug-likeness (QED) is 0.709. The van der Waals surface area contributed by atoms with Crippen LogP contribution < -0.4 is 15.4 Å². The molecule has 3 rings (SSSR count). The van der Waals surface area contributed by atoms with Crippen LogP contribution in [0.5, 0.6) is 5.75 Å². The Morgan fingerprint density at radius 3 is 2.21 bits per heavy atom. The molecule has 0 aromatic heterocycles. The molecule has 1 heterocycles. The van der Waals surface area contributed by atoms with Crippen molar-refractivity contribution in [2.75, 3.05) is 36.9 Å². The molecule has 2 N–H and O–H groups in total. The molecule has 6 nitrogen and oxygen atoms in total. The van der Waals surface area contributed by atoms with Gasteiger partial charge in [-0.2, -0.15) is 0 Å². The molecule has 2 amide bonds. The van der Waals surface area contributed by atoms with Crippen LogP contribution in [-0.2, 0) is 4.79 Å². The van der Waals surface area contributed by atoms with E-state index in [1.54, 1.807) is 24.3 Å². The van der Waals surface area contributed by atoms with Crippen LogP contribution >= 0.6 is 0 Å². The molecule has 0 aliphatic carbocycles. The lowest BCUT2D eigenvalue weighted by atomic mass is 10.2. The summed E-state index contributed by atoms with van der Waals surface area (Å²) >= 11 is 0. The number of anilines is 2. The summed E-state index contributed by atoms with van der Waals surface area (Å²) in [5.74, 6) is 1.20. The largest absolute Gasteiger partial charge is 0.493 e. The molecule has 0 atom stereocenters. The Balaban J connectivity index is 1.45. The van der Waals surface area contributed by atoms with Crippen LogP contribution in [-0.4, -0.2) is 43.0 Å². The number of ether oxygens (including phenoxy) is 1. The first-order chi connectivity index (χ1) is 14.0. The van der Waals surface area contributed by atoms with Crippen molar-refractivity contribution in [2.24, 2.45) is 5.92 Å². The molecule has 154 valence electrons. The Morgan fingerprint density at radius 1 is 0.966 bits per heavy atom. The van der Waals surface area contributed by atoms with E-state index in [9.17, 15) is 9.59 Å². The van der Waals surface area contributed by atoms with E-state index in [1.807, 2.05) is 29.2 Å². The zero-order valence-corrected chi connectivity index (χ0v) is 17.1. The van der Waals surface area contributed by atoms with Gasteiger partial charge in [0.25, 0.3) is 5.91 Å². The lowest BCUT2D eigenvalue weighted by Gasteiger charge is -2.15. The highest BCUT2D eigenvalue weighted by molar-refractivity contribution is 5.96. The number of nitrogens with zero attached hydrogens (tertiary/aromatic N) is 1. The number of hydrogen-bond donors (Lipinski definition) is 2. The van der Waals surface area contributed by atoms with E-state index in [-0.39, 0.29) is 18.4 Å². The smallest absolute Gasteiger partial charge is 0.253 e. The molecule has 0 bridgehead atoms. The fraction of sp³-hybridized carbons (Fsp3) is 0.391. The number of benzene rings is 2.